The summed E-state index contributed by atoms with van der Waals surface area (Å²) in [6, 6.07) is 0.261. The van der Waals surface area contributed by atoms with Crippen molar-refractivity contribution >= 4 is 11.3 Å². The topological polar surface area (TPSA) is 43.4 Å². The van der Waals surface area contributed by atoms with Crippen molar-refractivity contribution < 1.29 is 9.47 Å². The summed E-state index contributed by atoms with van der Waals surface area (Å²) in [4.78, 5) is 4.40. The fourth-order valence-corrected chi connectivity index (χ4v) is 2.25. The van der Waals surface area contributed by atoms with Crippen LogP contribution < -0.4 is 5.32 Å². The molecule has 1 N–H and O–H groups in total. The summed E-state index contributed by atoms with van der Waals surface area (Å²) < 4.78 is 11.1. The number of nitrogens with zero attached hydrogens (tertiary/aromatic N) is 1. The van der Waals surface area contributed by atoms with Gasteiger partial charge < -0.3 is 14.8 Å². The Hall–Kier alpha value is -0.490. The predicted molar refractivity (Wildman–Crippen MR) is 63.5 cm³/mol. The highest BCUT2D eigenvalue weighted by Crippen LogP contribution is 2.17. The predicted octanol–water partition coefficient (Wildman–Crippen LogP) is 1.69. The number of hydrogen-bond acceptors (Lipinski definition) is 5. The molecule has 0 aromatic carbocycles. The van der Waals surface area contributed by atoms with Crippen LogP contribution in [0.15, 0.2) is 5.38 Å². The number of aromatic nitrogens is 1. The van der Waals surface area contributed by atoms with Crippen LogP contribution in [0.2, 0.25) is 0 Å². The number of hydrogen-bond donors (Lipinski definition) is 1. The van der Waals surface area contributed by atoms with Gasteiger partial charge in [-0.05, 0) is 20.8 Å². The van der Waals surface area contributed by atoms with Gasteiger partial charge in [0.05, 0.1) is 19.3 Å². The smallest absolute Gasteiger partial charge is 0.162 e. The minimum atomic E-state index is -0.435. The zero-order chi connectivity index (χ0) is 11.6. The number of thiazole rings is 1. The standard InChI is InChI=1S/C11H18N2O2S/c1-8-7-16-10(13-8)4-12-9-5-14-11(2,3)15-6-9/h7,9,12H,4-6H2,1-3H3. The first-order valence-corrected chi connectivity index (χ1v) is 6.35. The zero-order valence-electron chi connectivity index (χ0n) is 9.95. The van der Waals surface area contributed by atoms with E-state index in [1.165, 1.54) is 0 Å². The molecular formula is C11H18N2O2S. The van der Waals surface area contributed by atoms with Gasteiger partial charge in [0.1, 0.15) is 5.01 Å². The van der Waals surface area contributed by atoms with Crippen LogP contribution in [0.5, 0.6) is 0 Å². The van der Waals surface area contributed by atoms with Crippen LogP contribution in [-0.4, -0.2) is 30.0 Å². The van der Waals surface area contributed by atoms with Gasteiger partial charge in [-0.3, -0.25) is 0 Å². The van der Waals surface area contributed by atoms with E-state index in [2.05, 4.69) is 15.7 Å². The lowest BCUT2D eigenvalue weighted by Gasteiger charge is -2.35. The Labute approximate surface area is 100.0 Å². The van der Waals surface area contributed by atoms with Gasteiger partial charge in [0.25, 0.3) is 0 Å². The van der Waals surface area contributed by atoms with Gasteiger partial charge in [0, 0.05) is 17.6 Å². The second-order valence-electron chi connectivity index (χ2n) is 4.48. The number of nitrogens with one attached hydrogen (secondary N) is 1. The highest BCUT2D eigenvalue weighted by atomic mass is 32.1. The Morgan fingerprint density at radius 3 is 2.75 bits per heavy atom. The third-order valence-corrected chi connectivity index (χ3v) is 3.44. The first-order chi connectivity index (χ1) is 7.55. The van der Waals surface area contributed by atoms with E-state index in [9.17, 15) is 0 Å². The second kappa shape index (κ2) is 4.79. The van der Waals surface area contributed by atoms with Crippen LogP contribution in [0.25, 0.3) is 0 Å². The van der Waals surface area contributed by atoms with E-state index >= 15 is 0 Å². The van der Waals surface area contributed by atoms with Crippen molar-refractivity contribution in [3.8, 4) is 0 Å². The lowest BCUT2D eigenvalue weighted by atomic mass is 10.2. The monoisotopic (exact) mass is 242 g/mol. The fourth-order valence-electron chi connectivity index (χ4n) is 1.53. The lowest BCUT2D eigenvalue weighted by Crippen LogP contribution is -2.48. The van der Waals surface area contributed by atoms with Crippen LogP contribution >= 0.6 is 11.3 Å². The minimum absolute atomic E-state index is 0.261. The van der Waals surface area contributed by atoms with E-state index in [0.717, 1.165) is 17.2 Å². The summed E-state index contributed by atoms with van der Waals surface area (Å²) in [6.45, 7) is 8.06. The lowest BCUT2D eigenvalue weighted by molar-refractivity contribution is -0.253. The zero-order valence-corrected chi connectivity index (χ0v) is 10.8. The van der Waals surface area contributed by atoms with Crippen molar-refractivity contribution in [3.05, 3.63) is 16.1 Å². The van der Waals surface area contributed by atoms with Gasteiger partial charge in [0.2, 0.25) is 0 Å². The van der Waals surface area contributed by atoms with Crippen molar-refractivity contribution in [2.45, 2.75) is 39.1 Å². The quantitative estimate of drug-likeness (QED) is 0.876. The molecule has 0 atom stereocenters. The molecule has 0 saturated carbocycles. The summed E-state index contributed by atoms with van der Waals surface area (Å²) in [5.74, 6) is -0.435. The van der Waals surface area contributed by atoms with E-state index in [-0.39, 0.29) is 6.04 Å². The summed E-state index contributed by atoms with van der Waals surface area (Å²) in [5.41, 5.74) is 1.08. The molecule has 0 spiro atoms. The molecular weight excluding hydrogens is 224 g/mol. The van der Waals surface area contributed by atoms with E-state index in [0.29, 0.717) is 13.2 Å². The normalized spacial score (nSPS) is 21.2. The van der Waals surface area contributed by atoms with E-state index in [1.807, 2.05) is 20.8 Å². The molecule has 1 aromatic rings. The number of aryl methyl sites for hydroxylation is 1. The Balaban J connectivity index is 1.75. The summed E-state index contributed by atoms with van der Waals surface area (Å²) >= 11 is 1.68. The maximum absolute atomic E-state index is 5.57. The van der Waals surface area contributed by atoms with E-state index < -0.39 is 5.79 Å². The molecule has 0 aliphatic carbocycles. The Kier molecular flexibility index (Phi) is 3.59. The Morgan fingerprint density at radius 1 is 1.50 bits per heavy atom. The molecule has 16 heavy (non-hydrogen) atoms. The second-order valence-corrected chi connectivity index (χ2v) is 5.42. The highest BCUT2D eigenvalue weighted by Gasteiger charge is 2.27. The SMILES string of the molecule is Cc1csc(CNC2COC(C)(C)OC2)n1. The fraction of sp³-hybridized carbons (Fsp3) is 0.727. The Bertz CT molecular complexity index is 342. The number of ether oxygens (including phenoxy) is 2. The molecule has 1 saturated heterocycles. The van der Waals surface area contributed by atoms with Gasteiger partial charge in [0.15, 0.2) is 5.79 Å². The average molecular weight is 242 g/mol. The maximum atomic E-state index is 5.57. The van der Waals surface area contributed by atoms with Crippen molar-refractivity contribution in [2.24, 2.45) is 0 Å². The molecule has 0 radical (unpaired) electrons. The van der Waals surface area contributed by atoms with Crippen molar-refractivity contribution in [3.63, 3.8) is 0 Å². The van der Waals surface area contributed by atoms with E-state index in [1.54, 1.807) is 11.3 Å². The molecule has 1 aliphatic heterocycles. The third-order valence-electron chi connectivity index (χ3n) is 2.47. The molecule has 4 nitrogen and oxygen atoms in total. The van der Waals surface area contributed by atoms with Crippen molar-refractivity contribution in [1.82, 2.24) is 10.3 Å². The largest absolute Gasteiger partial charge is 0.349 e. The average Bonchev–Trinajstić information content (AvgIpc) is 2.63. The third kappa shape index (κ3) is 3.25. The molecule has 2 heterocycles. The van der Waals surface area contributed by atoms with Gasteiger partial charge >= 0.3 is 0 Å². The van der Waals surface area contributed by atoms with Crippen molar-refractivity contribution in [2.75, 3.05) is 13.2 Å². The molecule has 5 heteroatoms. The van der Waals surface area contributed by atoms with Crippen molar-refractivity contribution in [1.29, 1.82) is 0 Å². The summed E-state index contributed by atoms with van der Waals surface area (Å²) in [6.07, 6.45) is 0. The van der Waals surface area contributed by atoms with Gasteiger partial charge in [-0.25, -0.2) is 4.98 Å². The molecule has 1 fully saturated rings. The summed E-state index contributed by atoms with van der Waals surface area (Å²) in [7, 11) is 0. The maximum Gasteiger partial charge on any atom is 0.162 e. The molecule has 0 bridgehead atoms. The Morgan fingerprint density at radius 2 is 2.19 bits per heavy atom. The molecule has 0 unspecified atom stereocenters. The summed E-state index contributed by atoms with van der Waals surface area (Å²) in [5, 5.41) is 6.56. The van der Waals surface area contributed by atoms with Crippen LogP contribution in [0.3, 0.4) is 0 Å². The van der Waals surface area contributed by atoms with Crippen LogP contribution in [0, 0.1) is 6.92 Å². The van der Waals surface area contributed by atoms with Crippen LogP contribution in [0.1, 0.15) is 24.5 Å². The van der Waals surface area contributed by atoms with E-state index in [4.69, 9.17) is 9.47 Å². The van der Waals surface area contributed by atoms with Gasteiger partial charge in [-0.15, -0.1) is 11.3 Å². The first kappa shape index (κ1) is 12.0. The van der Waals surface area contributed by atoms with Gasteiger partial charge in [-0.2, -0.15) is 0 Å². The van der Waals surface area contributed by atoms with Gasteiger partial charge in [-0.1, -0.05) is 0 Å². The first-order valence-electron chi connectivity index (χ1n) is 5.47. The molecule has 1 aliphatic rings. The number of rotatable bonds is 3. The molecule has 0 amide bonds. The van der Waals surface area contributed by atoms with Crippen LogP contribution in [0.4, 0.5) is 0 Å². The molecule has 90 valence electrons. The minimum Gasteiger partial charge on any atom is -0.349 e. The van der Waals surface area contributed by atoms with Crippen LogP contribution in [-0.2, 0) is 16.0 Å². The molecule has 1 aromatic heterocycles. The molecule has 2 rings (SSSR count). The highest BCUT2D eigenvalue weighted by molar-refractivity contribution is 7.09.